The van der Waals surface area contributed by atoms with E-state index in [4.69, 9.17) is 0 Å². The second kappa shape index (κ2) is 5.18. The first-order valence-corrected chi connectivity index (χ1v) is 5.27. The minimum Gasteiger partial charge on any atom is -0.367 e. The Balaban J connectivity index is 2.95. The van der Waals surface area contributed by atoms with Gasteiger partial charge in [-0.15, -0.1) is 0 Å². The van der Waals surface area contributed by atoms with Gasteiger partial charge in [-0.25, -0.2) is 4.98 Å². The summed E-state index contributed by atoms with van der Waals surface area (Å²) in [4.78, 5) is 3.75. The Morgan fingerprint density at radius 1 is 1.31 bits per heavy atom. The van der Waals surface area contributed by atoms with Crippen LogP contribution < -0.4 is 5.32 Å². The van der Waals surface area contributed by atoms with E-state index in [2.05, 4.69) is 10.3 Å². The van der Waals surface area contributed by atoms with Gasteiger partial charge in [-0.2, -0.15) is 13.2 Å². The van der Waals surface area contributed by atoms with E-state index >= 15 is 0 Å². The van der Waals surface area contributed by atoms with Crippen molar-refractivity contribution in [1.29, 1.82) is 0 Å². The molecule has 0 aromatic carbocycles. The van der Waals surface area contributed by atoms with E-state index in [1.165, 1.54) is 12.3 Å². The molecule has 1 aromatic heterocycles. The van der Waals surface area contributed by atoms with Crippen molar-refractivity contribution >= 4 is 5.82 Å². The molecule has 1 rings (SSSR count). The summed E-state index contributed by atoms with van der Waals surface area (Å²) in [5, 5.41) is 2.82. The first-order valence-electron chi connectivity index (χ1n) is 5.27. The maximum atomic E-state index is 12.6. The van der Waals surface area contributed by atoms with Crippen LogP contribution in [0.4, 0.5) is 19.0 Å². The molecular weight excluding hydrogens is 217 g/mol. The summed E-state index contributed by atoms with van der Waals surface area (Å²) < 4.78 is 37.9. The van der Waals surface area contributed by atoms with E-state index in [0.717, 1.165) is 18.9 Å². The average Bonchev–Trinajstić information content (AvgIpc) is 2.25. The smallest absolute Gasteiger partial charge is 0.367 e. The lowest BCUT2D eigenvalue weighted by Gasteiger charge is -2.18. The predicted octanol–water partition coefficient (Wildman–Crippen LogP) is 3.70. The number of alkyl halides is 3. The standard InChI is InChI=1S/C11H15F3N2/c1-3-8(4-2)16-10-9(11(12,13)14)6-5-7-15-10/h5-8H,3-4H2,1-2H3,(H,15,16). The van der Waals surface area contributed by atoms with Crippen molar-refractivity contribution in [3.8, 4) is 0 Å². The Bertz CT molecular complexity index is 332. The Morgan fingerprint density at radius 2 is 1.94 bits per heavy atom. The van der Waals surface area contributed by atoms with Crippen LogP contribution in [0.2, 0.25) is 0 Å². The van der Waals surface area contributed by atoms with Gasteiger partial charge in [0.15, 0.2) is 0 Å². The fourth-order valence-electron chi connectivity index (χ4n) is 1.44. The molecule has 0 aliphatic rings. The van der Waals surface area contributed by atoms with Gasteiger partial charge in [0.25, 0.3) is 0 Å². The molecule has 0 fully saturated rings. The SMILES string of the molecule is CCC(CC)Nc1ncccc1C(F)(F)F. The van der Waals surface area contributed by atoms with Crippen molar-refractivity contribution in [3.05, 3.63) is 23.9 Å². The lowest BCUT2D eigenvalue weighted by atomic mass is 10.1. The number of anilines is 1. The van der Waals surface area contributed by atoms with E-state index in [1.54, 1.807) is 0 Å². The molecule has 0 aliphatic carbocycles. The van der Waals surface area contributed by atoms with Gasteiger partial charge in [0.05, 0.1) is 5.56 Å². The van der Waals surface area contributed by atoms with Gasteiger partial charge in [-0.1, -0.05) is 13.8 Å². The average molecular weight is 232 g/mol. The van der Waals surface area contributed by atoms with Crippen molar-refractivity contribution in [2.75, 3.05) is 5.32 Å². The van der Waals surface area contributed by atoms with Gasteiger partial charge < -0.3 is 5.32 Å². The zero-order valence-electron chi connectivity index (χ0n) is 9.30. The first kappa shape index (κ1) is 12.8. The molecule has 0 spiro atoms. The van der Waals surface area contributed by atoms with Crippen LogP contribution in [0, 0.1) is 0 Å². The Hall–Kier alpha value is -1.26. The van der Waals surface area contributed by atoms with Crippen LogP contribution in [0.25, 0.3) is 0 Å². The molecule has 5 heteroatoms. The Morgan fingerprint density at radius 3 is 2.44 bits per heavy atom. The van der Waals surface area contributed by atoms with Crippen molar-refractivity contribution in [3.63, 3.8) is 0 Å². The van der Waals surface area contributed by atoms with Crippen LogP contribution >= 0.6 is 0 Å². The summed E-state index contributed by atoms with van der Waals surface area (Å²) in [7, 11) is 0. The highest BCUT2D eigenvalue weighted by molar-refractivity contribution is 5.46. The molecule has 0 saturated heterocycles. The fourth-order valence-corrected chi connectivity index (χ4v) is 1.44. The molecular formula is C11H15F3N2. The topological polar surface area (TPSA) is 24.9 Å². The molecule has 1 aromatic rings. The van der Waals surface area contributed by atoms with Gasteiger partial charge in [0.2, 0.25) is 0 Å². The summed E-state index contributed by atoms with van der Waals surface area (Å²) in [6.45, 7) is 3.86. The highest BCUT2D eigenvalue weighted by atomic mass is 19.4. The predicted molar refractivity (Wildman–Crippen MR) is 57.2 cm³/mol. The Kier molecular flexibility index (Phi) is 4.15. The zero-order chi connectivity index (χ0) is 12.2. The molecule has 1 heterocycles. The van der Waals surface area contributed by atoms with Crippen LogP contribution in [-0.4, -0.2) is 11.0 Å². The maximum Gasteiger partial charge on any atom is 0.419 e. The second-order valence-corrected chi connectivity index (χ2v) is 3.56. The van der Waals surface area contributed by atoms with E-state index in [0.29, 0.717) is 0 Å². The minimum atomic E-state index is -4.36. The quantitative estimate of drug-likeness (QED) is 0.856. The van der Waals surface area contributed by atoms with E-state index in [1.807, 2.05) is 13.8 Å². The van der Waals surface area contributed by atoms with Crippen molar-refractivity contribution in [2.45, 2.75) is 38.9 Å². The Labute approximate surface area is 92.9 Å². The molecule has 0 amide bonds. The number of nitrogens with zero attached hydrogens (tertiary/aromatic N) is 1. The highest BCUT2D eigenvalue weighted by Crippen LogP contribution is 2.33. The van der Waals surface area contributed by atoms with Gasteiger partial charge in [0, 0.05) is 12.2 Å². The molecule has 0 radical (unpaired) electrons. The van der Waals surface area contributed by atoms with E-state index in [9.17, 15) is 13.2 Å². The number of hydrogen-bond donors (Lipinski definition) is 1. The molecule has 90 valence electrons. The van der Waals surface area contributed by atoms with E-state index < -0.39 is 11.7 Å². The molecule has 0 atom stereocenters. The first-order chi connectivity index (χ1) is 7.49. The van der Waals surface area contributed by atoms with Crippen molar-refractivity contribution in [2.24, 2.45) is 0 Å². The molecule has 0 saturated carbocycles. The van der Waals surface area contributed by atoms with Crippen LogP contribution in [0.15, 0.2) is 18.3 Å². The maximum absolute atomic E-state index is 12.6. The molecule has 0 bridgehead atoms. The van der Waals surface area contributed by atoms with Gasteiger partial charge in [-0.05, 0) is 25.0 Å². The number of aromatic nitrogens is 1. The third-order valence-corrected chi connectivity index (χ3v) is 2.44. The minimum absolute atomic E-state index is 0.0241. The van der Waals surface area contributed by atoms with Gasteiger partial charge in [0.1, 0.15) is 5.82 Å². The van der Waals surface area contributed by atoms with Gasteiger partial charge in [-0.3, -0.25) is 0 Å². The van der Waals surface area contributed by atoms with Crippen molar-refractivity contribution < 1.29 is 13.2 Å². The van der Waals surface area contributed by atoms with Crippen LogP contribution in [0.3, 0.4) is 0 Å². The molecule has 1 N–H and O–H groups in total. The van der Waals surface area contributed by atoms with Crippen LogP contribution in [0.1, 0.15) is 32.3 Å². The molecule has 16 heavy (non-hydrogen) atoms. The number of rotatable bonds is 4. The largest absolute Gasteiger partial charge is 0.419 e. The summed E-state index contributed by atoms with van der Waals surface area (Å²) in [5.41, 5.74) is -0.707. The summed E-state index contributed by atoms with van der Waals surface area (Å²) in [6, 6.07) is 2.36. The van der Waals surface area contributed by atoms with Crippen molar-refractivity contribution in [1.82, 2.24) is 4.98 Å². The fraction of sp³-hybridized carbons (Fsp3) is 0.545. The third-order valence-electron chi connectivity index (χ3n) is 2.44. The molecule has 0 unspecified atom stereocenters. The van der Waals surface area contributed by atoms with Gasteiger partial charge >= 0.3 is 6.18 Å². The summed E-state index contributed by atoms with van der Waals surface area (Å²) in [6.07, 6.45) is -1.46. The number of halogens is 3. The monoisotopic (exact) mass is 232 g/mol. The second-order valence-electron chi connectivity index (χ2n) is 3.56. The highest BCUT2D eigenvalue weighted by Gasteiger charge is 2.34. The molecule has 2 nitrogen and oxygen atoms in total. The van der Waals surface area contributed by atoms with Crippen LogP contribution in [0.5, 0.6) is 0 Å². The summed E-state index contributed by atoms with van der Waals surface area (Å²) in [5.74, 6) is -0.0799. The zero-order valence-corrected chi connectivity index (χ0v) is 9.30. The third kappa shape index (κ3) is 3.12. The molecule has 0 aliphatic heterocycles. The van der Waals surface area contributed by atoms with Crippen LogP contribution in [-0.2, 0) is 6.18 Å². The number of nitrogens with one attached hydrogen (secondary N) is 1. The van der Waals surface area contributed by atoms with E-state index in [-0.39, 0.29) is 11.9 Å². The summed E-state index contributed by atoms with van der Waals surface area (Å²) >= 11 is 0. The lowest BCUT2D eigenvalue weighted by molar-refractivity contribution is -0.137. The normalized spacial score (nSPS) is 11.9. The number of hydrogen-bond acceptors (Lipinski definition) is 2. The number of pyridine rings is 1. The lowest BCUT2D eigenvalue weighted by Crippen LogP contribution is -2.21.